The van der Waals surface area contributed by atoms with Gasteiger partial charge in [0.2, 0.25) is 0 Å². The fraction of sp³-hybridized carbons (Fsp3) is 0.167. The van der Waals surface area contributed by atoms with Crippen LogP contribution in [0.25, 0.3) is 0 Å². The minimum atomic E-state index is -0.190. The number of rotatable bonds is 10. The number of Topliss-reactive ketones (excluding diaryl/α,β-unsaturated/α-hetero) is 1. The van der Waals surface area contributed by atoms with E-state index in [0.29, 0.717) is 18.8 Å². The van der Waals surface area contributed by atoms with Crippen LogP contribution in [0.1, 0.15) is 46.3 Å². The van der Waals surface area contributed by atoms with Crippen molar-refractivity contribution < 1.29 is 14.3 Å². The molecule has 0 spiro atoms. The molecule has 0 aliphatic carbocycles. The Balaban J connectivity index is 1.37. The van der Waals surface area contributed by atoms with Gasteiger partial charge in [0, 0.05) is 11.5 Å². The number of hydrogen-bond donors (Lipinski definition) is 0. The van der Waals surface area contributed by atoms with Crippen LogP contribution in [-0.4, -0.2) is 5.78 Å². The molecule has 4 aromatic carbocycles. The van der Waals surface area contributed by atoms with Crippen molar-refractivity contribution in [1.29, 1.82) is 0 Å². The second-order valence-corrected chi connectivity index (χ2v) is 7.97. The summed E-state index contributed by atoms with van der Waals surface area (Å²) in [5, 5.41) is 0. The molecular weight excluding hydrogens is 408 g/mol. The van der Waals surface area contributed by atoms with Gasteiger partial charge in [-0.2, -0.15) is 0 Å². The number of benzene rings is 4. The van der Waals surface area contributed by atoms with Crippen molar-refractivity contribution in [3.8, 4) is 11.5 Å². The molecule has 0 bridgehead atoms. The summed E-state index contributed by atoms with van der Waals surface area (Å²) in [6, 6.07) is 35.4. The minimum absolute atomic E-state index is 0.116. The summed E-state index contributed by atoms with van der Waals surface area (Å²) in [4.78, 5) is 13.2. The van der Waals surface area contributed by atoms with Gasteiger partial charge in [-0.1, -0.05) is 79.7 Å². The highest BCUT2D eigenvalue weighted by molar-refractivity contribution is 6.01. The zero-order valence-corrected chi connectivity index (χ0v) is 18.8. The Morgan fingerprint density at radius 3 is 1.55 bits per heavy atom. The number of ketones is 1. The fourth-order valence-corrected chi connectivity index (χ4v) is 3.77. The Labute approximate surface area is 195 Å². The summed E-state index contributed by atoms with van der Waals surface area (Å²) >= 11 is 0. The third-order valence-corrected chi connectivity index (χ3v) is 5.64. The van der Waals surface area contributed by atoms with Crippen LogP contribution in [0.15, 0.2) is 109 Å². The van der Waals surface area contributed by atoms with Gasteiger partial charge in [0.15, 0.2) is 5.78 Å². The molecule has 3 heteroatoms. The van der Waals surface area contributed by atoms with E-state index in [1.807, 2.05) is 116 Å². The van der Waals surface area contributed by atoms with Gasteiger partial charge in [-0.3, -0.25) is 4.79 Å². The maximum atomic E-state index is 13.2. The lowest BCUT2D eigenvalue weighted by Crippen LogP contribution is -2.12. The Hall–Kier alpha value is -3.85. The molecular formula is C30H28O3. The van der Waals surface area contributed by atoms with E-state index < -0.39 is 0 Å². The van der Waals surface area contributed by atoms with Gasteiger partial charge in [0.05, 0.1) is 0 Å². The largest absolute Gasteiger partial charge is 0.489 e. The molecule has 0 saturated carbocycles. The molecule has 0 heterocycles. The number of ether oxygens (including phenoxy) is 2. The molecule has 0 aliphatic heterocycles. The molecule has 0 amide bonds. The first kappa shape index (κ1) is 22.3. The molecule has 4 rings (SSSR count). The van der Waals surface area contributed by atoms with Gasteiger partial charge < -0.3 is 9.47 Å². The summed E-state index contributed by atoms with van der Waals surface area (Å²) in [6.07, 6.45) is 0.731. The molecule has 3 nitrogen and oxygen atoms in total. The highest BCUT2D eigenvalue weighted by Gasteiger charge is 2.20. The zero-order valence-electron chi connectivity index (χ0n) is 18.8. The third-order valence-electron chi connectivity index (χ3n) is 5.64. The van der Waals surface area contributed by atoms with E-state index in [4.69, 9.17) is 9.47 Å². The van der Waals surface area contributed by atoms with Crippen molar-refractivity contribution in [2.24, 2.45) is 0 Å². The van der Waals surface area contributed by atoms with Crippen molar-refractivity contribution in [2.45, 2.75) is 32.5 Å². The molecule has 4 aromatic rings. The number of carbonyl (C=O) groups excluding carboxylic acids is 1. The number of hydrogen-bond acceptors (Lipinski definition) is 3. The van der Waals surface area contributed by atoms with Gasteiger partial charge in [0.1, 0.15) is 24.7 Å². The van der Waals surface area contributed by atoms with Gasteiger partial charge in [-0.05, 0) is 59.5 Å². The molecule has 1 atom stereocenters. The first-order chi connectivity index (χ1) is 16.2. The molecule has 33 heavy (non-hydrogen) atoms. The average Bonchev–Trinajstić information content (AvgIpc) is 2.89. The van der Waals surface area contributed by atoms with Crippen LogP contribution in [0, 0.1) is 0 Å². The van der Waals surface area contributed by atoms with E-state index in [9.17, 15) is 4.79 Å². The Kier molecular flexibility index (Phi) is 7.55. The lowest BCUT2D eigenvalue weighted by molar-refractivity contribution is 0.0957. The standard InChI is InChI=1S/C30H28O3/c1-2-29(25-13-17-27(18-14-25)32-21-23-9-5-3-6-10-23)30(31)26-15-19-28(20-16-26)33-22-24-11-7-4-8-12-24/h3-20,29H,2,21-22H2,1H3. The van der Waals surface area contributed by atoms with Crippen LogP contribution >= 0.6 is 0 Å². The molecule has 0 fully saturated rings. The Morgan fingerprint density at radius 1 is 0.636 bits per heavy atom. The summed E-state index contributed by atoms with van der Waals surface area (Å²) in [5.41, 5.74) is 3.93. The number of carbonyl (C=O) groups is 1. The van der Waals surface area contributed by atoms with Crippen molar-refractivity contribution in [2.75, 3.05) is 0 Å². The smallest absolute Gasteiger partial charge is 0.170 e. The van der Waals surface area contributed by atoms with Crippen LogP contribution in [0.2, 0.25) is 0 Å². The minimum Gasteiger partial charge on any atom is -0.489 e. The van der Waals surface area contributed by atoms with E-state index in [0.717, 1.165) is 34.6 Å². The molecule has 0 radical (unpaired) electrons. The van der Waals surface area contributed by atoms with Crippen LogP contribution in [-0.2, 0) is 13.2 Å². The van der Waals surface area contributed by atoms with Gasteiger partial charge in [-0.15, -0.1) is 0 Å². The molecule has 1 unspecified atom stereocenters. The van der Waals surface area contributed by atoms with Crippen LogP contribution in [0.5, 0.6) is 11.5 Å². The average molecular weight is 437 g/mol. The van der Waals surface area contributed by atoms with Gasteiger partial charge in [0.25, 0.3) is 0 Å². The maximum Gasteiger partial charge on any atom is 0.170 e. The van der Waals surface area contributed by atoms with Crippen molar-refractivity contribution in [1.82, 2.24) is 0 Å². The van der Waals surface area contributed by atoms with E-state index >= 15 is 0 Å². The van der Waals surface area contributed by atoms with Crippen molar-refractivity contribution in [3.05, 3.63) is 131 Å². The summed E-state index contributed by atoms with van der Waals surface area (Å²) in [7, 11) is 0. The maximum absolute atomic E-state index is 13.2. The zero-order chi connectivity index (χ0) is 22.9. The van der Waals surface area contributed by atoms with Crippen LogP contribution in [0.3, 0.4) is 0 Å². The molecule has 0 aliphatic rings. The second-order valence-electron chi connectivity index (χ2n) is 7.97. The summed E-state index contributed by atoms with van der Waals surface area (Å²) in [5.74, 6) is 1.47. The topological polar surface area (TPSA) is 35.5 Å². The molecule has 0 N–H and O–H groups in total. The first-order valence-corrected chi connectivity index (χ1v) is 11.3. The van der Waals surface area contributed by atoms with E-state index in [-0.39, 0.29) is 11.7 Å². The van der Waals surface area contributed by atoms with E-state index in [1.165, 1.54) is 0 Å². The van der Waals surface area contributed by atoms with Crippen LogP contribution < -0.4 is 9.47 Å². The predicted molar refractivity (Wildman–Crippen MR) is 132 cm³/mol. The Bertz CT molecular complexity index is 1130. The monoisotopic (exact) mass is 436 g/mol. The lowest BCUT2D eigenvalue weighted by atomic mass is 9.88. The SMILES string of the molecule is CCC(C(=O)c1ccc(OCc2ccccc2)cc1)c1ccc(OCc2ccccc2)cc1. The molecule has 0 aromatic heterocycles. The Morgan fingerprint density at radius 2 is 1.09 bits per heavy atom. The quantitative estimate of drug-likeness (QED) is 0.246. The predicted octanol–water partition coefficient (Wildman–Crippen LogP) is 7.22. The van der Waals surface area contributed by atoms with E-state index in [2.05, 4.69) is 0 Å². The van der Waals surface area contributed by atoms with Crippen molar-refractivity contribution >= 4 is 5.78 Å². The second kappa shape index (κ2) is 11.1. The normalized spacial score (nSPS) is 11.5. The summed E-state index contributed by atoms with van der Waals surface area (Å²) in [6.45, 7) is 3.07. The van der Waals surface area contributed by atoms with E-state index in [1.54, 1.807) is 0 Å². The van der Waals surface area contributed by atoms with Crippen molar-refractivity contribution in [3.63, 3.8) is 0 Å². The van der Waals surface area contributed by atoms with Crippen LogP contribution in [0.4, 0.5) is 0 Å². The highest BCUT2D eigenvalue weighted by Crippen LogP contribution is 2.27. The third kappa shape index (κ3) is 6.11. The first-order valence-electron chi connectivity index (χ1n) is 11.3. The lowest BCUT2D eigenvalue weighted by Gasteiger charge is -2.16. The van der Waals surface area contributed by atoms with Gasteiger partial charge in [-0.25, -0.2) is 0 Å². The summed E-state index contributed by atoms with van der Waals surface area (Å²) < 4.78 is 11.7. The molecule has 166 valence electrons. The highest BCUT2D eigenvalue weighted by atomic mass is 16.5. The van der Waals surface area contributed by atoms with Gasteiger partial charge >= 0.3 is 0 Å². The molecule has 0 saturated heterocycles. The fourth-order valence-electron chi connectivity index (χ4n) is 3.77.